The van der Waals surface area contributed by atoms with E-state index in [1.165, 1.54) is 6.42 Å². The molecule has 1 aliphatic heterocycles. The van der Waals surface area contributed by atoms with Gasteiger partial charge in [0.25, 0.3) is 0 Å². The first-order chi connectivity index (χ1) is 6.34. The van der Waals surface area contributed by atoms with Crippen LogP contribution in [0.4, 0.5) is 0 Å². The highest BCUT2D eigenvalue weighted by Gasteiger charge is 2.12. The van der Waals surface area contributed by atoms with E-state index in [2.05, 4.69) is 4.83 Å². The third-order valence-electron chi connectivity index (χ3n) is 2.01. The van der Waals surface area contributed by atoms with Crippen molar-refractivity contribution in [3.8, 4) is 0 Å². The van der Waals surface area contributed by atoms with Crippen molar-refractivity contribution in [3.05, 3.63) is 11.6 Å². The fraction of sp³-hybridized carbons (Fsp3) is 0.750. The lowest BCUT2D eigenvalue weighted by molar-refractivity contribution is 0.247. The zero-order valence-corrected chi connectivity index (χ0v) is 8.59. The summed E-state index contributed by atoms with van der Waals surface area (Å²) in [5.74, 6) is 0. The van der Waals surface area contributed by atoms with Crippen LogP contribution < -0.4 is 16.3 Å². The first-order valence-electron chi connectivity index (χ1n) is 4.66. The van der Waals surface area contributed by atoms with Gasteiger partial charge in [0.05, 0.1) is 6.17 Å². The Morgan fingerprint density at radius 2 is 2.23 bits per heavy atom. The van der Waals surface area contributed by atoms with Gasteiger partial charge in [-0.2, -0.15) is 4.83 Å². The monoisotopic (exact) mass is 202 g/mol. The molecule has 1 rings (SSSR count). The summed E-state index contributed by atoms with van der Waals surface area (Å²) in [7, 11) is 0. The second kappa shape index (κ2) is 6.26. The number of hydrogen-bond acceptors (Lipinski definition) is 5. The Kier molecular flexibility index (Phi) is 5.22. The van der Waals surface area contributed by atoms with Crippen LogP contribution in [0.2, 0.25) is 0 Å². The molecule has 0 spiro atoms. The highest BCUT2D eigenvalue weighted by molar-refractivity contribution is 8.00. The third-order valence-corrected chi connectivity index (χ3v) is 2.58. The van der Waals surface area contributed by atoms with Crippen molar-refractivity contribution in [1.29, 1.82) is 0 Å². The number of nitrogens with zero attached hydrogens (tertiary/aromatic N) is 1. The lowest BCUT2D eigenvalue weighted by atomic mass is 10.1. The van der Waals surface area contributed by atoms with E-state index in [-0.39, 0.29) is 6.17 Å². The number of nitrogens with two attached hydrogens (primary N) is 2. The molecular weight excluding hydrogens is 184 g/mol. The molecule has 76 valence electrons. The number of unbranched alkanes of at least 4 members (excludes halogenated alkanes) is 2. The van der Waals surface area contributed by atoms with Crippen LogP contribution in [0.15, 0.2) is 11.6 Å². The minimum Gasteiger partial charge on any atom is -0.330 e. The molecule has 0 aromatic carbocycles. The lowest BCUT2D eigenvalue weighted by Crippen LogP contribution is -2.42. The third kappa shape index (κ3) is 3.99. The Balaban J connectivity index is 2.03. The molecular formula is C8H18N4S. The van der Waals surface area contributed by atoms with Gasteiger partial charge in [0, 0.05) is 11.6 Å². The molecule has 0 aromatic rings. The molecule has 0 saturated carbocycles. The predicted molar refractivity (Wildman–Crippen MR) is 57.2 cm³/mol. The summed E-state index contributed by atoms with van der Waals surface area (Å²) in [6.45, 7) is 0.785. The number of rotatable bonds is 6. The van der Waals surface area contributed by atoms with Gasteiger partial charge >= 0.3 is 0 Å². The summed E-state index contributed by atoms with van der Waals surface area (Å²) in [6, 6.07) is 0. The van der Waals surface area contributed by atoms with E-state index in [9.17, 15) is 0 Å². The van der Waals surface area contributed by atoms with Crippen LogP contribution in [0.3, 0.4) is 0 Å². The molecule has 0 radical (unpaired) electrons. The molecule has 0 aliphatic carbocycles. The van der Waals surface area contributed by atoms with Gasteiger partial charge in [-0.1, -0.05) is 6.42 Å². The molecule has 13 heavy (non-hydrogen) atoms. The topological polar surface area (TPSA) is 67.3 Å². The molecule has 0 aromatic heterocycles. The van der Waals surface area contributed by atoms with Crippen molar-refractivity contribution in [2.24, 2.45) is 11.5 Å². The molecule has 0 amide bonds. The standard InChI is InChI=1S/C8H18N4S/c9-5-3-1-2-4-8(10)12-6-7-13-11-12/h6-8,11H,1-5,9-10H2. The molecule has 1 aliphatic rings. The van der Waals surface area contributed by atoms with Gasteiger partial charge in [-0.05, 0) is 37.8 Å². The normalized spacial score (nSPS) is 18.2. The van der Waals surface area contributed by atoms with Gasteiger partial charge < -0.3 is 11.5 Å². The SMILES string of the molecule is NCCCCCC(N)N1C=CSN1. The smallest absolute Gasteiger partial charge is 0.0926 e. The highest BCUT2D eigenvalue weighted by atomic mass is 32.2. The minimum atomic E-state index is 0.0871. The highest BCUT2D eigenvalue weighted by Crippen LogP contribution is 2.12. The van der Waals surface area contributed by atoms with Gasteiger partial charge in [0.15, 0.2) is 0 Å². The average Bonchev–Trinajstić information content (AvgIpc) is 2.65. The summed E-state index contributed by atoms with van der Waals surface area (Å²) in [4.78, 5) is 3.09. The fourth-order valence-electron chi connectivity index (χ4n) is 1.21. The van der Waals surface area contributed by atoms with Crippen molar-refractivity contribution in [1.82, 2.24) is 9.84 Å². The summed E-state index contributed by atoms with van der Waals surface area (Å²) in [5, 5.41) is 3.92. The van der Waals surface area contributed by atoms with Crippen molar-refractivity contribution in [2.75, 3.05) is 6.54 Å². The number of nitrogens with one attached hydrogen (secondary N) is 1. The number of hydrazine groups is 1. The Hall–Kier alpha value is -0.230. The Labute approximate surface area is 83.8 Å². The van der Waals surface area contributed by atoms with Crippen LogP contribution >= 0.6 is 11.9 Å². The van der Waals surface area contributed by atoms with Crippen LogP contribution in [0.5, 0.6) is 0 Å². The second-order valence-electron chi connectivity index (χ2n) is 3.11. The van der Waals surface area contributed by atoms with Crippen LogP contribution in [-0.4, -0.2) is 17.7 Å². The van der Waals surface area contributed by atoms with Gasteiger partial charge in [-0.25, -0.2) is 0 Å². The van der Waals surface area contributed by atoms with Gasteiger partial charge in [0.2, 0.25) is 0 Å². The first kappa shape index (κ1) is 10.8. The largest absolute Gasteiger partial charge is 0.330 e. The average molecular weight is 202 g/mol. The Bertz CT molecular complexity index is 162. The summed E-state index contributed by atoms with van der Waals surface area (Å²) >= 11 is 1.55. The van der Waals surface area contributed by atoms with E-state index in [1.807, 2.05) is 16.6 Å². The van der Waals surface area contributed by atoms with Crippen LogP contribution in [-0.2, 0) is 0 Å². The van der Waals surface area contributed by atoms with Crippen molar-refractivity contribution >= 4 is 11.9 Å². The molecule has 1 unspecified atom stereocenters. The fourth-order valence-corrected chi connectivity index (χ4v) is 1.78. The lowest BCUT2D eigenvalue weighted by Gasteiger charge is -2.22. The zero-order chi connectivity index (χ0) is 9.52. The van der Waals surface area contributed by atoms with Gasteiger partial charge in [-0.3, -0.25) is 5.01 Å². The molecule has 0 bridgehead atoms. The quantitative estimate of drug-likeness (QED) is 0.438. The maximum Gasteiger partial charge on any atom is 0.0926 e. The first-order valence-corrected chi connectivity index (χ1v) is 5.54. The number of hydrogen-bond donors (Lipinski definition) is 3. The molecule has 0 saturated heterocycles. The Morgan fingerprint density at radius 1 is 1.38 bits per heavy atom. The summed E-state index contributed by atoms with van der Waals surface area (Å²) in [6.07, 6.45) is 6.49. The molecule has 5 N–H and O–H groups in total. The molecule has 0 fully saturated rings. The van der Waals surface area contributed by atoms with E-state index in [1.54, 1.807) is 11.9 Å². The van der Waals surface area contributed by atoms with Gasteiger partial charge in [-0.15, -0.1) is 0 Å². The molecule has 5 heteroatoms. The predicted octanol–water partition coefficient (Wildman–Crippen LogP) is 0.730. The molecule has 1 atom stereocenters. The molecule has 1 heterocycles. The van der Waals surface area contributed by atoms with Crippen molar-refractivity contribution in [3.63, 3.8) is 0 Å². The van der Waals surface area contributed by atoms with E-state index < -0.39 is 0 Å². The summed E-state index contributed by atoms with van der Waals surface area (Å²) in [5.41, 5.74) is 11.3. The van der Waals surface area contributed by atoms with E-state index in [0.29, 0.717) is 0 Å². The maximum absolute atomic E-state index is 5.93. The van der Waals surface area contributed by atoms with Crippen molar-refractivity contribution in [2.45, 2.75) is 31.8 Å². The van der Waals surface area contributed by atoms with E-state index in [0.717, 1.165) is 25.8 Å². The molecule has 4 nitrogen and oxygen atoms in total. The Morgan fingerprint density at radius 3 is 2.85 bits per heavy atom. The van der Waals surface area contributed by atoms with Crippen LogP contribution in [0.1, 0.15) is 25.7 Å². The van der Waals surface area contributed by atoms with E-state index >= 15 is 0 Å². The maximum atomic E-state index is 5.93. The van der Waals surface area contributed by atoms with Crippen molar-refractivity contribution < 1.29 is 0 Å². The van der Waals surface area contributed by atoms with E-state index in [4.69, 9.17) is 11.5 Å². The van der Waals surface area contributed by atoms with Crippen LogP contribution in [0, 0.1) is 0 Å². The van der Waals surface area contributed by atoms with Crippen LogP contribution in [0.25, 0.3) is 0 Å². The summed E-state index contributed by atoms with van der Waals surface area (Å²) < 4.78 is 0. The zero-order valence-electron chi connectivity index (χ0n) is 7.78. The van der Waals surface area contributed by atoms with Gasteiger partial charge in [0.1, 0.15) is 0 Å². The minimum absolute atomic E-state index is 0.0871. The second-order valence-corrected chi connectivity index (χ2v) is 3.80.